The van der Waals surface area contributed by atoms with Crippen LogP contribution in [-0.2, 0) is 9.09 Å². The lowest BCUT2D eigenvalue weighted by Crippen LogP contribution is -2.08. The highest BCUT2D eigenvalue weighted by Gasteiger charge is 2.19. The molecule has 0 saturated heterocycles. The topological polar surface area (TPSA) is 111 Å². The molecule has 0 radical (unpaired) electrons. The first-order valence-electron chi connectivity index (χ1n) is 2.24. The molecule has 3 N–H and O–H groups in total. The molecular formula is C3H6NO5P. The van der Waals surface area contributed by atoms with Gasteiger partial charge in [0.15, 0.2) is 6.29 Å². The minimum Gasteiger partial charge on any atom is -0.367 e. The van der Waals surface area contributed by atoms with Crippen molar-refractivity contribution in [2.75, 3.05) is 0 Å². The highest BCUT2D eigenvalue weighted by Crippen LogP contribution is 2.37. The average molecular weight is 167 g/mol. The summed E-state index contributed by atoms with van der Waals surface area (Å²) in [6.45, 7) is 0. The van der Waals surface area contributed by atoms with Crippen LogP contribution in [0.2, 0.25) is 0 Å². The third-order valence-corrected chi connectivity index (χ3v) is 1.04. The number of nitriles is 1. The first-order valence-corrected chi connectivity index (χ1v) is 3.77. The Hall–Kier alpha value is -0.440. The number of nitrogens with zero attached hydrogens (tertiary/aromatic N) is 1. The van der Waals surface area contributed by atoms with E-state index in [1.54, 1.807) is 0 Å². The van der Waals surface area contributed by atoms with Crippen LogP contribution in [-0.4, -0.2) is 21.2 Å². The Morgan fingerprint density at radius 2 is 2.20 bits per heavy atom. The Kier molecular flexibility index (Phi) is 3.50. The van der Waals surface area contributed by atoms with Crippen LogP contribution >= 0.6 is 7.82 Å². The molecule has 1 atom stereocenters. The lowest BCUT2D eigenvalue weighted by molar-refractivity contribution is -0.0317. The molecule has 0 amide bonds. The summed E-state index contributed by atoms with van der Waals surface area (Å²) in [7, 11) is -4.65. The molecule has 0 saturated carbocycles. The smallest absolute Gasteiger partial charge is 0.367 e. The fourth-order valence-corrected chi connectivity index (χ4v) is 0.665. The van der Waals surface area contributed by atoms with Gasteiger partial charge in [-0.05, 0) is 0 Å². The van der Waals surface area contributed by atoms with E-state index < -0.39 is 20.5 Å². The van der Waals surface area contributed by atoms with Gasteiger partial charge in [-0.3, -0.25) is 4.52 Å². The van der Waals surface area contributed by atoms with Crippen LogP contribution in [0.1, 0.15) is 6.42 Å². The standard InChI is InChI=1S/C3H6NO5P/c4-2-1-3(5)9-10(6,7)8/h3,5H,1H2,(H2,6,7,8). The minimum absolute atomic E-state index is 0.467. The summed E-state index contributed by atoms with van der Waals surface area (Å²) in [5, 5.41) is 16.3. The van der Waals surface area contributed by atoms with E-state index in [2.05, 4.69) is 4.52 Å². The maximum absolute atomic E-state index is 9.92. The molecule has 0 bridgehead atoms. The highest BCUT2D eigenvalue weighted by molar-refractivity contribution is 7.46. The van der Waals surface area contributed by atoms with E-state index in [4.69, 9.17) is 20.2 Å². The largest absolute Gasteiger partial charge is 0.471 e. The molecule has 0 aliphatic carbocycles. The lowest BCUT2D eigenvalue weighted by Gasteiger charge is -2.07. The zero-order chi connectivity index (χ0) is 8.20. The van der Waals surface area contributed by atoms with E-state index >= 15 is 0 Å². The number of phosphoric acid groups is 1. The Morgan fingerprint density at radius 3 is 2.50 bits per heavy atom. The summed E-state index contributed by atoms with van der Waals surface area (Å²) < 4.78 is 13.6. The SMILES string of the molecule is N#CCC(O)OP(=O)(O)O. The maximum Gasteiger partial charge on any atom is 0.471 e. The molecule has 0 aromatic heterocycles. The van der Waals surface area contributed by atoms with Gasteiger partial charge < -0.3 is 14.9 Å². The second kappa shape index (κ2) is 3.66. The molecule has 0 aromatic carbocycles. The van der Waals surface area contributed by atoms with Crippen LogP contribution in [0.25, 0.3) is 0 Å². The molecule has 0 spiro atoms. The lowest BCUT2D eigenvalue weighted by atomic mass is 10.5. The first kappa shape index (κ1) is 9.56. The van der Waals surface area contributed by atoms with Gasteiger partial charge >= 0.3 is 7.82 Å². The predicted octanol–water partition coefficient (Wildman–Crippen LogP) is -0.672. The van der Waals surface area contributed by atoms with Crippen molar-refractivity contribution in [2.24, 2.45) is 0 Å². The minimum atomic E-state index is -4.65. The Bertz CT molecular complexity index is 180. The van der Waals surface area contributed by atoms with Crippen LogP contribution in [0.15, 0.2) is 0 Å². The van der Waals surface area contributed by atoms with E-state index in [9.17, 15) is 4.57 Å². The Morgan fingerprint density at radius 1 is 1.70 bits per heavy atom. The molecule has 0 fully saturated rings. The quantitative estimate of drug-likeness (QED) is 0.379. The fourth-order valence-electron chi connectivity index (χ4n) is 0.274. The molecule has 58 valence electrons. The second-order valence-corrected chi connectivity index (χ2v) is 2.60. The van der Waals surface area contributed by atoms with Gasteiger partial charge in [0.1, 0.15) is 0 Å². The van der Waals surface area contributed by atoms with Crippen molar-refractivity contribution in [3.8, 4) is 6.07 Å². The van der Waals surface area contributed by atoms with Crippen LogP contribution < -0.4 is 0 Å². The molecule has 1 unspecified atom stereocenters. The predicted molar refractivity (Wildman–Crippen MR) is 29.4 cm³/mol. The number of aliphatic hydroxyl groups excluding tert-OH is 1. The summed E-state index contributed by atoms with van der Waals surface area (Å²) in [5.74, 6) is 0. The molecular weight excluding hydrogens is 161 g/mol. The normalized spacial score (nSPS) is 14.2. The Labute approximate surface area is 56.9 Å². The molecule has 0 aliphatic rings. The van der Waals surface area contributed by atoms with Gasteiger partial charge in [-0.25, -0.2) is 4.57 Å². The van der Waals surface area contributed by atoms with Crippen molar-refractivity contribution in [2.45, 2.75) is 12.7 Å². The van der Waals surface area contributed by atoms with E-state index in [1.165, 1.54) is 6.07 Å². The molecule has 6 nitrogen and oxygen atoms in total. The van der Waals surface area contributed by atoms with Gasteiger partial charge in [-0.1, -0.05) is 0 Å². The average Bonchev–Trinajstić information content (AvgIpc) is 1.59. The molecule has 0 heterocycles. The van der Waals surface area contributed by atoms with Crippen molar-refractivity contribution < 1.29 is 24.0 Å². The number of hydrogen-bond donors (Lipinski definition) is 3. The second-order valence-electron chi connectivity index (χ2n) is 1.41. The monoisotopic (exact) mass is 167 g/mol. The van der Waals surface area contributed by atoms with Crippen molar-refractivity contribution in [1.82, 2.24) is 0 Å². The van der Waals surface area contributed by atoms with Crippen LogP contribution in [0.4, 0.5) is 0 Å². The highest BCUT2D eigenvalue weighted by atomic mass is 31.2. The van der Waals surface area contributed by atoms with Gasteiger partial charge in [0.05, 0.1) is 12.5 Å². The van der Waals surface area contributed by atoms with Gasteiger partial charge in [0.25, 0.3) is 0 Å². The van der Waals surface area contributed by atoms with Crippen LogP contribution in [0.3, 0.4) is 0 Å². The van der Waals surface area contributed by atoms with Crippen molar-refractivity contribution >= 4 is 7.82 Å². The van der Waals surface area contributed by atoms with E-state index in [1.807, 2.05) is 0 Å². The maximum atomic E-state index is 9.92. The van der Waals surface area contributed by atoms with E-state index in [0.29, 0.717) is 0 Å². The summed E-state index contributed by atoms with van der Waals surface area (Å²) >= 11 is 0. The third kappa shape index (κ3) is 5.69. The van der Waals surface area contributed by atoms with Crippen molar-refractivity contribution in [1.29, 1.82) is 5.26 Å². The molecule has 10 heavy (non-hydrogen) atoms. The zero-order valence-electron chi connectivity index (χ0n) is 4.84. The molecule has 0 aliphatic heterocycles. The summed E-state index contributed by atoms with van der Waals surface area (Å²) in [5.41, 5.74) is 0. The summed E-state index contributed by atoms with van der Waals surface area (Å²) in [6.07, 6.45) is -2.18. The first-order chi connectivity index (χ1) is 4.45. The zero-order valence-corrected chi connectivity index (χ0v) is 5.73. The van der Waals surface area contributed by atoms with Gasteiger partial charge in [0.2, 0.25) is 0 Å². The summed E-state index contributed by atoms with van der Waals surface area (Å²) in [6, 6.07) is 1.47. The van der Waals surface area contributed by atoms with Gasteiger partial charge in [-0.2, -0.15) is 5.26 Å². The van der Waals surface area contributed by atoms with Gasteiger partial charge in [0, 0.05) is 0 Å². The van der Waals surface area contributed by atoms with E-state index in [0.717, 1.165) is 0 Å². The van der Waals surface area contributed by atoms with Crippen LogP contribution in [0, 0.1) is 11.3 Å². The van der Waals surface area contributed by atoms with Crippen LogP contribution in [0.5, 0.6) is 0 Å². The molecule has 0 rings (SSSR count). The Balaban J connectivity index is 3.71. The molecule has 7 heteroatoms. The molecule has 0 aromatic rings. The number of hydrogen-bond acceptors (Lipinski definition) is 4. The number of rotatable bonds is 3. The number of phosphoric ester groups is 1. The van der Waals surface area contributed by atoms with Crippen molar-refractivity contribution in [3.63, 3.8) is 0 Å². The third-order valence-electron chi connectivity index (χ3n) is 0.525. The summed E-state index contributed by atoms with van der Waals surface area (Å²) in [4.78, 5) is 16.1. The van der Waals surface area contributed by atoms with Crippen molar-refractivity contribution in [3.05, 3.63) is 0 Å². The van der Waals surface area contributed by atoms with E-state index in [-0.39, 0.29) is 0 Å². The van der Waals surface area contributed by atoms with Gasteiger partial charge in [-0.15, -0.1) is 0 Å². The number of aliphatic hydroxyl groups is 1. The fraction of sp³-hybridized carbons (Fsp3) is 0.667.